The molecule has 3 heteroatoms. The fourth-order valence-corrected chi connectivity index (χ4v) is 4.82. The Morgan fingerprint density at radius 2 is 1.93 bits per heavy atom. The number of allylic oxidation sites excluding steroid dienone is 1. The first-order valence-corrected chi connectivity index (χ1v) is 10.6. The Hall–Kier alpha value is -3.20. The average molecular weight is 397 g/mol. The van der Waals surface area contributed by atoms with Crippen LogP contribution in [-0.2, 0) is 6.54 Å². The average Bonchev–Trinajstić information content (AvgIpc) is 2.78. The Balaban J connectivity index is 1.43. The van der Waals surface area contributed by atoms with Crippen LogP contribution in [0.5, 0.6) is 0 Å². The van der Waals surface area contributed by atoms with E-state index in [4.69, 9.17) is 0 Å². The smallest absolute Gasteiger partial charge is 0.123 e. The third-order valence-corrected chi connectivity index (χ3v) is 6.36. The number of hydrogen-bond donors (Lipinski definition) is 0. The lowest BCUT2D eigenvalue weighted by atomic mass is 9.78. The predicted molar refractivity (Wildman–Crippen MR) is 120 cm³/mol. The van der Waals surface area contributed by atoms with Crippen molar-refractivity contribution in [2.75, 3.05) is 0 Å². The molecule has 2 aliphatic heterocycles. The number of benzene rings is 2. The van der Waals surface area contributed by atoms with E-state index in [1.807, 2.05) is 24.4 Å². The molecule has 0 amide bonds. The van der Waals surface area contributed by atoms with Gasteiger partial charge in [-0.15, -0.1) is 0 Å². The van der Waals surface area contributed by atoms with Gasteiger partial charge in [0.1, 0.15) is 5.82 Å². The van der Waals surface area contributed by atoms with E-state index in [0.29, 0.717) is 12.0 Å². The van der Waals surface area contributed by atoms with E-state index >= 15 is 0 Å². The molecular weight excluding hydrogens is 371 g/mol. The minimum atomic E-state index is -0.230. The van der Waals surface area contributed by atoms with Gasteiger partial charge in [0.2, 0.25) is 0 Å². The lowest BCUT2D eigenvalue weighted by Gasteiger charge is -2.46. The number of piperidine rings is 1. The van der Waals surface area contributed by atoms with Crippen LogP contribution in [0.15, 0.2) is 85.2 Å². The molecule has 2 aromatic carbocycles. The number of rotatable bonds is 3. The number of halogens is 1. The van der Waals surface area contributed by atoms with Crippen LogP contribution < -0.4 is 0 Å². The van der Waals surface area contributed by atoms with Crippen LogP contribution in [0, 0.1) is 5.82 Å². The van der Waals surface area contributed by atoms with Crippen LogP contribution >= 0.6 is 0 Å². The van der Waals surface area contributed by atoms with Gasteiger partial charge in [-0.3, -0.25) is 4.98 Å². The first-order chi connectivity index (χ1) is 14.7. The molecule has 1 fully saturated rings. The summed E-state index contributed by atoms with van der Waals surface area (Å²) < 4.78 is 13.5. The first-order valence-electron chi connectivity index (χ1n) is 10.6. The van der Waals surface area contributed by atoms with E-state index in [1.165, 1.54) is 41.8 Å². The highest BCUT2D eigenvalue weighted by molar-refractivity contribution is 5.63. The number of aromatic nitrogens is 1. The van der Waals surface area contributed by atoms with Gasteiger partial charge in [0.15, 0.2) is 0 Å². The molecule has 0 aliphatic carbocycles. The van der Waals surface area contributed by atoms with E-state index in [0.717, 1.165) is 29.8 Å². The van der Waals surface area contributed by atoms with Gasteiger partial charge < -0.3 is 4.90 Å². The molecular formula is C27H25FN2. The quantitative estimate of drug-likeness (QED) is 0.498. The highest BCUT2D eigenvalue weighted by Crippen LogP contribution is 2.41. The van der Waals surface area contributed by atoms with E-state index in [-0.39, 0.29) is 5.82 Å². The van der Waals surface area contributed by atoms with E-state index < -0.39 is 0 Å². The fourth-order valence-electron chi connectivity index (χ4n) is 4.82. The molecule has 0 radical (unpaired) electrons. The third-order valence-electron chi connectivity index (χ3n) is 6.36. The number of pyridine rings is 1. The second kappa shape index (κ2) is 7.91. The Bertz CT molecular complexity index is 1100. The molecule has 0 bridgehead atoms. The van der Waals surface area contributed by atoms with Crippen LogP contribution in [0.25, 0.3) is 17.2 Å². The van der Waals surface area contributed by atoms with Gasteiger partial charge in [0, 0.05) is 36.0 Å². The van der Waals surface area contributed by atoms with Crippen LogP contribution in [0.2, 0.25) is 0 Å². The van der Waals surface area contributed by atoms with E-state index in [9.17, 15) is 4.39 Å². The van der Waals surface area contributed by atoms with Gasteiger partial charge >= 0.3 is 0 Å². The molecule has 3 aromatic rings. The van der Waals surface area contributed by atoms with Crippen molar-refractivity contribution in [1.29, 1.82) is 0 Å². The summed E-state index contributed by atoms with van der Waals surface area (Å²) in [6.07, 6.45) is 9.73. The maximum atomic E-state index is 13.5. The predicted octanol–water partition coefficient (Wildman–Crippen LogP) is 6.57. The molecule has 1 unspecified atom stereocenters. The molecule has 1 aromatic heterocycles. The molecule has 5 rings (SSSR count). The molecule has 2 nitrogen and oxygen atoms in total. The van der Waals surface area contributed by atoms with Crippen molar-refractivity contribution < 1.29 is 4.39 Å². The normalized spacial score (nSPS) is 20.8. The topological polar surface area (TPSA) is 16.1 Å². The molecule has 1 saturated heterocycles. The Labute approximate surface area is 177 Å². The SMILES string of the molecule is C=C1CCC[C@@H]2C(/C=C/c3ccc(-c4cccc(F)c4)cn3)c3ccccc3CN12. The van der Waals surface area contributed by atoms with Crippen molar-refractivity contribution in [2.45, 2.75) is 37.8 Å². The monoisotopic (exact) mass is 396 g/mol. The zero-order chi connectivity index (χ0) is 20.5. The second-order valence-electron chi connectivity index (χ2n) is 8.22. The largest absolute Gasteiger partial charge is 0.367 e. The lowest BCUT2D eigenvalue weighted by molar-refractivity contribution is 0.163. The minimum Gasteiger partial charge on any atom is -0.367 e. The maximum Gasteiger partial charge on any atom is 0.123 e. The highest BCUT2D eigenvalue weighted by atomic mass is 19.1. The lowest BCUT2D eigenvalue weighted by Crippen LogP contribution is -2.44. The summed E-state index contributed by atoms with van der Waals surface area (Å²) in [5, 5.41) is 0. The van der Waals surface area contributed by atoms with Gasteiger partial charge in [0.25, 0.3) is 0 Å². The summed E-state index contributed by atoms with van der Waals surface area (Å²) in [6, 6.07) is 19.9. The van der Waals surface area contributed by atoms with Crippen molar-refractivity contribution in [3.05, 3.63) is 108 Å². The van der Waals surface area contributed by atoms with Crippen molar-refractivity contribution in [3.63, 3.8) is 0 Å². The van der Waals surface area contributed by atoms with Crippen LogP contribution in [0.1, 0.15) is 42.0 Å². The van der Waals surface area contributed by atoms with E-state index in [1.54, 1.807) is 6.07 Å². The van der Waals surface area contributed by atoms with Crippen molar-refractivity contribution in [1.82, 2.24) is 9.88 Å². The second-order valence-corrected chi connectivity index (χ2v) is 8.22. The maximum absolute atomic E-state index is 13.5. The summed E-state index contributed by atoms with van der Waals surface area (Å²) >= 11 is 0. The summed E-state index contributed by atoms with van der Waals surface area (Å²) in [7, 11) is 0. The van der Waals surface area contributed by atoms with Crippen molar-refractivity contribution >= 4 is 6.08 Å². The standard InChI is InChI=1S/C27H25FN2/c1-19-6-4-11-27-26(25-10-3-2-7-22(25)18-30(19)27)15-14-24-13-12-21(17-29-24)20-8-5-9-23(28)16-20/h2-3,5,7-10,12-17,26-27H,1,4,6,11,18H2/b15-14+/t26?,27-/m1/s1. The van der Waals surface area contributed by atoms with E-state index in [2.05, 4.69) is 52.9 Å². The number of nitrogens with zero attached hydrogens (tertiary/aromatic N) is 2. The number of hydrogen-bond acceptors (Lipinski definition) is 2. The van der Waals surface area contributed by atoms with Gasteiger partial charge in [-0.2, -0.15) is 0 Å². The van der Waals surface area contributed by atoms with Crippen molar-refractivity contribution in [3.8, 4) is 11.1 Å². The molecule has 2 aliphatic rings. The third kappa shape index (κ3) is 3.56. The first kappa shape index (κ1) is 18.8. The number of fused-ring (bicyclic) bond motifs is 2. The molecule has 0 saturated carbocycles. The van der Waals surface area contributed by atoms with Crippen LogP contribution in [0.4, 0.5) is 4.39 Å². The minimum absolute atomic E-state index is 0.230. The summed E-state index contributed by atoms with van der Waals surface area (Å²) in [5.74, 6) is 0.0998. The summed E-state index contributed by atoms with van der Waals surface area (Å²) in [5.41, 5.74) is 6.75. The summed E-state index contributed by atoms with van der Waals surface area (Å²) in [4.78, 5) is 7.10. The Kier molecular flexibility index (Phi) is 4.96. The Morgan fingerprint density at radius 3 is 2.77 bits per heavy atom. The van der Waals surface area contributed by atoms with Gasteiger partial charge in [-0.25, -0.2) is 4.39 Å². The summed E-state index contributed by atoms with van der Waals surface area (Å²) in [6.45, 7) is 5.29. The molecule has 30 heavy (non-hydrogen) atoms. The fraction of sp³-hybridized carbons (Fsp3) is 0.222. The molecule has 3 heterocycles. The van der Waals surface area contributed by atoms with Gasteiger partial charge in [-0.05, 0) is 60.2 Å². The van der Waals surface area contributed by atoms with Crippen molar-refractivity contribution in [2.24, 2.45) is 0 Å². The highest BCUT2D eigenvalue weighted by Gasteiger charge is 2.35. The van der Waals surface area contributed by atoms with Crippen LogP contribution in [-0.4, -0.2) is 15.9 Å². The molecule has 2 atom stereocenters. The molecule has 0 spiro atoms. The zero-order valence-corrected chi connectivity index (χ0v) is 17.0. The molecule has 150 valence electrons. The van der Waals surface area contributed by atoms with Crippen LogP contribution in [0.3, 0.4) is 0 Å². The van der Waals surface area contributed by atoms with Gasteiger partial charge in [0.05, 0.1) is 5.69 Å². The Morgan fingerprint density at radius 1 is 1.03 bits per heavy atom. The zero-order valence-electron chi connectivity index (χ0n) is 17.0. The molecule has 0 N–H and O–H groups in total. The van der Waals surface area contributed by atoms with Gasteiger partial charge in [-0.1, -0.05) is 55.1 Å².